The molecule has 0 saturated heterocycles. The zero-order valence-corrected chi connectivity index (χ0v) is 14.0. The van der Waals surface area contributed by atoms with Gasteiger partial charge < -0.3 is 14.8 Å². The van der Waals surface area contributed by atoms with E-state index >= 15 is 0 Å². The Balaban J connectivity index is 2.58. The third kappa shape index (κ3) is 5.38. The molecule has 1 N–H and O–H groups in total. The molecule has 0 aliphatic rings. The highest BCUT2D eigenvalue weighted by Gasteiger charge is 2.26. The Hall–Kier alpha value is -1.56. The lowest BCUT2D eigenvalue weighted by molar-refractivity contribution is -0.146. The van der Waals surface area contributed by atoms with Crippen molar-refractivity contribution in [3.63, 3.8) is 0 Å². The van der Waals surface area contributed by atoms with Gasteiger partial charge in [-0.05, 0) is 34.0 Å². The third-order valence-electron chi connectivity index (χ3n) is 3.18. The molecule has 6 heteroatoms. The summed E-state index contributed by atoms with van der Waals surface area (Å²) in [5.74, 6) is -0.240. The number of rotatable bonds is 7. The van der Waals surface area contributed by atoms with Crippen LogP contribution in [0, 0.1) is 5.92 Å². The molecule has 1 amide bonds. The molecule has 116 valence electrons. The van der Waals surface area contributed by atoms with E-state index in [4.69, 9.17) is 9.47 Å². The predicted molar refractivity (Wildman–Crippen MR) is 83.0 cm³/mol. The lowest BCUT2D eigenvalue weighted by Crippen LogP contribution is -2.47. The fourth-order valence-electron chi connectivity index (χ4n) is 1.72. The van der Waals surface area contributed by atoms with E-state index in [9.17, 15) is 9.59 Å². The second kappa shape index (κ2) is 8.67. The Morgan fingerprint density at radius 3 is 2.57 bits per heavy atom. The van der Waals surface area contributed by atoms with E-state index in [1.165, 1.54) is 7.11 Å². The normalized spacial score (nSPS) is 13.1. The molecule has 2 atom stereocenters. The molecule has 1 rings (SSSR count). The Labute approximate surface area is 133 Å². The predicted octanol–water partition coefficient (Wildman–Crippen LogP) is 2.53. The molecule has 0 saturated carbocycles. The lowest BCUT2D eigenvalue weighted by atomic mass is 9.99. The summed E-state index contributed by atoms with van der Waals surface area (Å²) in [6.07, 6.45) is 0.755. The summed E-state index contributed by atoms with van der Waals surface area (Å²) in [5.41, 5.74) is 0. The number of methoxy groups -OCH3 is 1. The summed E-state index contributed by atoms with van der Waals surface area (Å²) in [7, 11) is 1.31. The van der Waals surface area contributed by atoms with Gasteiger partial charge in [0.15, 0.2) is 6.61 Å². The van der Waals surface area contributed by atoms with Crippen LogP contribution in [0.25, 0.3) is 0 Å². The van der Waals surface area contributed by atoms with Crippen molar-refractivity contribution < 1.29 is 19.1 Å². The molecule has 0 aromatic heterocycles. The first-order chi connectivity index (χ1) is 9.99. The van der Waals surface area contributed by atoms with Crippen LogP contribution in [0.5, 0.6) is 5.75 Å². The Kier molecular flexibility index (Phi) is 7.22. The van der Waals surface area contributed by atoms with Crippen LogP contribution in [0.3, 0.4) is 0 Å². The number of ether oxygens (including phenoxy) is 2. The van der Waals surface area contributed by atoms with E-state index in [2.05, 4.69) is 21.2 Å². The fraction of sp³-hybridized carbons (Fsp3) is 0.467. The van der Waals surface area contributed by atoms with E-state index in [1.807, 2.05) is 32.0 Å². The maximum Gasteiger partial charge on any atom is 0.328 e. The number of carbonyl (C=O) groups excluding carboxylic acids is 2. The Morgan fingerprint density at radius 1 is 1.33 bits per heavy atom. The summed E-state index contributed by atoms with van der Waals surface area (Å²) in [5, 5.41) is 2.65. The van der Waals surface area contributed by atoms with E-state index in [0.717, 1.165) is 10.9 Å². The molecule has 1 aromatic rings. The molecule has 0 spiro atoms. The van der Waals surface area contributed by atoms with Crippen LogP contribution in [0.15, 0.2) is 28.7 Å². The van der Waals surface area contributed by atoms with Crippen LogP contribution in [0.2, 0.25) is 0 Å². The standard InChI is InChI=1S/C15H20BrNO4/c1-4-10(2)14(15(19)20-3)17-13(18)9-21-12-8-6-5-7-11(12)16/h5-8,10,14H,4,9H2,1-3H3,(H,17,18). The maximum absolute atomic E-state index is 11.9. The summed E-state index contributed by atoms with van der Waals surface area (Å²) in [4.78, 5) is 23.6. The van der Waals surface area contributed by atoms with E-state index < -0.39 is 12.0 Å². The topological polar surface area (TPSA) is 64.6 Å². The number of para-hydroxylation sites is 1. The molecule has 0 aliphatic heterocycles. The van der Waals surface area contributed by atoms with Gasteiger partial charge in [0.25, 0.3) is 5.91 Å². The van der Waals surface area contributed by atoms with Crippen LogP contribution in [-0.2, 0) is 14.3 Å². The Bertz CT molecular complexity index is 492. The van der Waals surface area contributed by atoms with Crippen LogP contribution < -0.4 is 10.1 Å². The number of nitrogens with one attached hydrogen (secondary N) is 1. The molecule has 0 aliphatic carbocycles. The van der Waals surface area contributed by atoms with Gasteiger partial charge in [-0.25, -0.2) is 4.79 Å². The van der Waals surface area contributed by atoms with Crippen LogP contribution in [0.4, 0.5) is 0 Å². The van der Waals surface area contributed by atoms with E-state index in [-0.39, 0.29) is 18.4 Å². The molecule has 0 heterocycles. The number of hydrogen-bond donors (Lipinski definition) is 1. The monoisotopic (exact) mass is 357 g/mol. The van der Waals surface area contributed by atoms with Crippen molar-refractivity contribution in [2.75, 3.05) is 13.7 Å². The second-order valence-electron chi connectivity index (χ2n) is 4.67. The summed E-state index contributed by atoms with van der Waals surface area (Å²) in [6.45, 7) is 3.67. The fourth-order valence-corrected chi connectivity index (χ4v) is 2.12. The van der Waals surface area contributed by atoms with E-state index in [1.54, 1.807) is 6.07 Å². The molecule has 5 nitrogen and oxygen atoms in total. The molecule has 0 radical (unpaired) electrons. The summed E-state index contributed by atoms with van der Waals surface area (Å²) >= 11 is 3.34. The van der Waals surface area contributed by atoms with Gasteiger partial charge >= 0.3 is 5.97 Å². The first-order valence-electron chi connectivity index (χ1n) is 6.74. The minimum absolute atomic E-state index is 0.00939. The van der Waals surface area contributed by atoms with Gasteiger partial charge in [0, 0.05) is 0 Å². The first-order valence-corrected chi connectivity index (χ1v) is 7.53. The third-order valence-corrected chi connectivity index (χ3v) is 3.84. The average molecular weight is 358 g/mol. The maximum atomic E-state index is 11.9. The molecular formula is C15H20BrNO4. The van der Waals surface area contributed by atoms with Gasteiger partial charge in [-0.15, -0.1) is 0 Å². The highest BCUT2D eigenvalue weighted by atomic mass is 79.9. The van der Waals surface area contributed by atoms with Crippen LogP contribution >= 0.6 is 15.9 Å². The SMILES string of the molecule is CCC(C)C(NC(=O)COc1ccccc1Br)C(=O)OC. The molecule has 0 fully saturated rings. The number of esters is 1. The highest BCUT2D eigenvalue weighted by molar-refractivity contribution is 9.10. The van der Waals surface area contributed by atoms with Gasteiger partial charge in [-0.2, -0.15) is 0 Å². The summed E-state index contributed by atoms with van der Waals surface area (Å²) in [6, 6.07) is 6.59. The van der Waals surface area contributed by atoms with Gasteiger partial charge in [0.1, 0.15) is 11.8 Å². The minimum Gasteiger partial charge on any atom is -0.483 e. The number of halogens is 1. The number of carbonyl (C=O) groups is 2. The van der Waals surface area contributed by atoms with Crippen molar-refractivity contribution in [2.24, 2.45) is 5.92 Å². The molecule has 0 bridgehead atoms. The number of amides is 1. The van der Waals surface area contributed by atoms with Crippen LogP contribution in [-0.4, -0.2) is 31.6 Å². The molecule has 2 unspecified atom stereocenters. The van der Waals surface area contributed by atoms with E-state index in [0.29, 0.717) is 5.75 Å². The lowest BCUT2D eigenvalue weighted by Gasteiger charge is -2.21. The summed E-state index contributed by atoms with van der Waals surface area (Å²) < 4.78 is 10.9. The molecular weight excluding hydrogens is 338 g/mol. The van der Waals surface area contributed by atoms with Gasteiger partial charge in [0.05, 0.1) is 11.6 Å². The minimum atomic E-state index is -0.657. The second-order valence-corrected chi connectivity index (χ2v) is 5.53. The highest BCUT2D eigenvalue weighted by Crippen LogP contribution is 2.23. The number of hydrogen-bond acceptors (Lipinski definition) is 4. The smallest absolute Gasteiger partial charge is 0.328 e. The van der Waals surface area contributed by atoms with Crippen molar-refractivity contribution in [3.8, 4) is 5.75 Å². The number of benzene rings is 1. The molecule has 1 aromatic carbocycles. The van der Waals surface area contributed by atoms with Crippen molar-refractivity contribution in [1.29, 1.82) is 0 Å². The molecule has 21 heavy (non-hydrogen) atoms. The largest absolute Gasteiger partial charge is 0.483 e. The van der Waals surface area contributed by atoms with Gasteiger partial charge in [-0.3, -0.25) is 4.79 Å². The van der Waals surface area contributed by atoms with Crippen LogP contribution in [0.1, 0.15) is 20.3 Å². The zero-order chi connectivity index (χ0) is 15.8. The Morgan fingerprint density at radius 2 is 2.00 bits per heavy atom. The van der Waals surface area contributed by atoms with Gasteiger partial charge in [0.2, 0.25) is 0 Å². The first kappa shape index (κ1) is 17.5. The average Bonchev–Trinajstić information content (AvgIpc) is 2.50. The quantitative estimate of drug-likeness (QED) is 0.761. The van der Waals surface area contributed by atoms with Crippen molar-refractivity contribution in [3.05, 3.63) is 28.7 Å². The van der Waals surface area contributed by atoms with Gasteiger partial charge in [-0.1, -0.05) is 32.4 Å². The van der Waals surface area contributed by atoms with Crippen molar-refractivity contribution in [1.82, 2.24) is 5.32 Å². The van der Waals surface area contributed by atoms with Crippen molar-refractivity contribution in [2.45, 2.75) is 26.3 Å². The zero-order valence-electron chi connectivity index (χ0n) is 12.4. The van der Waals surface area contributed by atoms with Crippen molar-refractivity contribution >= 4 is 27.8 Å².